The fourth-order valence-corrected chi connectivity index (χ4v) is 2.44. The second kappa shape index (κ2) is 4.99. The molecule has 0 radical (unpaired) electrons. The summed E-state index contributed by atoms with van der Waals surface area (Å²) in [5.41, 5.74) is 0.581. The van der Waals surface area contributed by atoms with Gasteiger partial charge in [0.15, 0.2) is 0 Å². The van der Waals surface area contributed by atoms with Crippen molar-refractivity contribution in [3.63, 3.8) is 0 Å². The molecule has 0 amide bonds. The van der Waals surface area contributed by atoms with Gasteiger partial charge >= 0.3 is 0 Å². The van der Waals surface area contributed by atoms with Gasteiger partial charge in [-0.1, -0.05) is 33.6 Å². The van der Waals surface area contributed by atoms with Crippen molar-refractivity contribution >= 4 is 0 Å². The summed E-state index contributed by atoms with van der Waals surface area (Å²) in [5, 5.41) is 3.44. The van der Waals surface area contributed by atoms with Gasteiger partial charge in [0.1, 0.15) is 0 Å². The minimum atomic E-state index is 0.581. The fourth-order valence-electron chi connectivity index (χ4n) is 2.44. The lowest BCUT2D eigenvalue weighted by atomic mass is 9.71. The largest absolute Gasteiger partial charge is 0.317 e. The van der Waals surface area contributed by atoms with Gasteiger partial charge in [-0.25, -0.2) is 0 Å². The predicted molar refractivity (Wildman–Crippen MR) is 58.9 cm³/mol. The first kappa shape index (κ1) is 11.0. The molecule has 0 aromatic heterocycles. The number of rotatable bonds is 4. The molecule has 0 aromatic carbocycles. The third-order valence-corrected chi connectivity index (χ3v) is 3.62. The highest BCUT2D eigenvalue weighted by Crippen LogP contribution is 2.37. The predicted octanol–water partition coefficient (Wildman–Crippen LogP) is 3.20. The Hall–Kier alpha value is -0.0400. The molecule has 0 spiro atoms. The zero-order chi connectivity index (χ0) is 9.73. The number of hydrogen-bond acceptors (Lipinski definition) is 1. The molecular weight excluding hydrogens is 158 g/mol. The molecule has 0 atom stereocenters. The van der Waals surface area contributed by atoms with Gasteiger partial charge in [0.2, 0.25) is 0 Å². The Balaban J connectivity index is 2.36. The molecule has 1 N–H and O–H groups in total. The van der Waals surface area contributed by atoms with E-state index in [4.69, 9.17) is 0 Å². The van der Waals surface area contributed by atoms with E-state index in [9.17, 15) is 0 Å². The highest BCUT2D eigenvalue weighted by Gasteiger charge is 2.29. The van der Waals surface area contributed by atoms with E-state index in [1.165, 1.54) is 45.2 Å². The molecule has 0 saturated carbocycles. The quantitative estimate of drug-likeness (QED) is 0.705. The van der Waals surface area contributed by atoms with Gasteiger partial charge in [0, 0.05) is 0 Å². The molecule has 1 heterocycles. The van der Waals surface area contributed by atoms with E-state index in [0.717, 1.165) is 5.92 Å². The van der Waals surface area contributed by atoms with Crippen LogP contribution in [0.25, 0.3) is 0 Å². The van der Waals surface area contributed by atoms with Crippen molar-refractivity contribution in [1.29, 1.82) is 0 Å². The van der Waals surface area contributed by atoms with Gasteiger partial charge in [-0.15, -0.1) is 0 Å². The van der Waals surface area contributed by atoms with Gasteiger partial charge in [0.25, 0.3) is 0 Å². The van der Waals surface area contributed by atoms with Gasteiger partial charge in [-0.3, -0.25) is 0 Å². The highest BCUT2D eigenvalue weighted by molar-refractivity contribution is 4.82. The van der Waals surface area contributed by atoms with Crippen molar-refractivity contribution in [3.05, 3.63) is 0 Å². The van der Waals surface area contributed by atoms with Gasteiger partial charge in [0.05, 0.1) is 0 Å². The molecule has 1 saturated heterocycles. The molecule has 13 heavy (non-hydrogen) atoms. The lowest BCUT2D eigenvalue weighted by Crippen LogP contribution is -2.35. The van der Waals surface area contributed by atoms with Crippen LogP contribution >= 0.6 is 0 Å². The monoisotopic (exact) mass is 183 g/mol. The molecule has 1 fully saturated rings. The highest BCUT2D eigenvalue weighted by atomic mass is 14.9. The summed E-state index contributed by atoms with van der Waals surface area (Å²) in [4.78, 5) is 0. The van der Waals surface area contributed by atoms with Crippen molar-refractivity contribution in [2.75, 3.05) is 13.1 Å². The molecule has 1 aliphatic rings. The van der Waals surface area contributed by atoms with Crippen LogP contribution in [-0.2, 0) is 0 Å². The second-order valence-electron chi connectivity index (χ2n) is 5.12. The van der Waals surface area contributed by atoms with E-state index in [1.807, 2.05) is 0 Å². The number of nitrogens with one attached hydrogen (secondary N) is 1. The van der Waals surface area contributed by atoms with Crippen LogP contribution in [0, 0.1) is 11.3 Å². The Morgan fingerprint density at radius 1 is 1.23 bits per heavy atom. The molecule has 0 aromatic rings. The molecule has 0 aliphatic carbocycles. The van der Waals surface area contributed by atoms with E-state index in [-0.39, 0.29) is 0 Å². The standard InChI is InChI=1S/C12H25N/c1-4-5-8-12(2,3)11-6-9-13-10-7-11/h11,13H,4-10H2,1-3H3. The van der Waals surface area contributed by atoms with Crippen LogP contribution in [0.15, 0.2) is 0 Å². The summed E-state index contributed by atoms with van der Waals surface area (Å²) in [6, 6.07) is 0. The lowest BCUT2D eigenvalue weighted by molar-refractivity contribution is 0.150. The van der Waals surface area contributed by atoms with E-state index < -0.39 is 0 Å². The number of hydrogen-bond donors (Lipinski definition) is 1. The first-order chi connectivity index (χ1) is 6.17. The van der Waals surface area contributed by atoms with Crippen LogP contribution in [0.3, 0.4) is 0 Å². The van der Waals surface area contributed by atoms with Gasteiger partial charge < -0.3 is 5.32 Å². The molecule has 1 rings (SSSR count). The van der Waals surface area contributed by atoms with Crippen LogP contribution in [0.1, 0.15) is 52.9 Å². The minimum absolute atomic E-state index is 0.581. The lowest BCUT2D eigenvalue weighted by Gasteiger charge is -2.37. The van der Waals surface area contributed by atoms with Crippen LogP contribution in [0.2, 0.25) is 0 Å². The Bertz CT molecular complexity index is 134. The minimum Gasteiger partial charge on any atom is -0.317 e. The van der Waals surface area contributed by atoms with Crippen LogP contribution in [0.4, 0.5) is 0 Å². The Morgan fingerprint density at radius 3 is 2.38 bits per heavy atom. The average molecular weight is 183 g/mol. The summed E-state index contributed by atoms with van der Waals surface area (Å²) in [5.74, 6) is 0.959. The SMILES string of the molecule is CCCCC(C)(C)C1CCNCC1. The molecule has 1 aliphatic heterocycles. The van der Waals surface area contributed by atoms with E-state index in [1.54, 1.807) is 0 Å². The van der Waals surface area contributed by atoms with E-state index in [2.05, 4.69) is 26.1 Å². The summed E-state index contributed by atoms with van der Waals surface area (Å²) in [7, 11) is 0. The van der Waals surface area contributed by atoms with E-state index >= 15 is 0 Å². The van der Waals surface area contributed by atoms with E-state index in [0.29, 0.717) is 5.41 Å². The molecule has 0 unspecified atom stereocenters. The Labute approximate surface area is 83.3 Å². The average Bonchev–Trinajstić information content (AvgIpc) is 2.16. The summed E-state index contributed by atoms with van der Waals surface area (Å²) >= 11 is 0. The molecular formula is C12H25N. The maximum absolute atomic E-state index is 3.44. The third kappa shape index (κ3) is 3.30. The van der Waals surface area contributed by atoms with Crippen molar-refractivity contribution in [1.82, 2.24) is 5.32 Å². The van der Waals surface area contributed by atoms with Crippen molar-refractivity contribution < 1.29 is 0 Å². The van der Waals surface area contributed by atoms with Gasteiger partial charge in [-0.05, 0) is 43.7 Å². The van der Waals surface area contributed by atoms with Crippen molar-refractivity contribution in [2.45, 2.75) is 52.9 Å². The van der Waals surface area contributed by atoms with Gasteiger partial charge in [-0.2, -0.15) is 0 Å². The first-order valence-electron chi connectivity index (χ1n) is 5.87. The molecule has 78 valence electrons. The normalized spacial score (nSPS) is 20.5. The van der Waals surface area contributed by atoms with Crippen molar-refractivity contribution in [2.24, 2.45) is 11.3 Å². The maximum Gasteiger partial charge on any atom is -0.00461 e. The number of unbranched alkanes of at least 4 members (excludes halogenated alkanes) is 1. The first-order valence-corrected chi connectivity index (χ1v) is 5.87. The zero-order valence-electron chi connectivity index (χ0n) is 9.53. The summed E-state index contributed by atoms with van der Waals surface area (Å²) < 4.78 is 0. The Morgan fingerprint density at radius 2 is 1.85 bits per heavy atom. The van der Waals surface area contributed by atoms with Crippen LogP contribution < -0.4 is 5.32 Å². The van der Waals surface area contributed by atoms with Crippen LogP contribution in [0.5, 0.6) is 0 Å². The molecule has 1 nitrogen and oxygen atoms in total. The molecule has 0 bridgehead atoms. The maximum atomic E-state index is 3.44. The topological polar surface area (TPSA) is 12.0 Å². The zero-order valence-corrected chi connectivity index (χ0v) is 9.53. The van der Waals surface area contributed by atoms with Crippen molar-refractivity contribution in [3.8, 4) is 0 Å². The third-order valence-electron chi connectivity index (χ3n) is 3.62. The summed E-state index contributed by atoms with van der Waals surface area (Å²) in [6.07, 6.45) is 6.92. The molecule has 1 heteroatoms. The van der Waals surface area contributed by atoms with Crippen LogP contribution in [-0.4, -0.2) is 13.1 Å². The fraction of sp³-hybridized carbons (Fsp3) is 1.00. The smallest absolute Gasteiger partial charge is 0.00461 e. The second-order valence-corrected chi connectivity index (χ2v) is 5.12. The number of piperidine rings is 1. The summed E-state index contributed by atoms with van der Waals surface area (Å²) in [6.45, 7) is 9.68. The Kier molecular flexibility index (Phi) is 4.24.